The van der Waals surface area contributed by atoms with Crippen molar-refractivity contribution >= 4 is 11.7 Å². The van der Waals surface area contributed by atoms with Crippen molar-refractivity contribution in [2.75, 3.05) is 5.32 Å². The van der Waals surface area contributed by atoms with Gasteiger partial charge in [-0.05, 0) is 24.3 Å². The molecule has 2 rings (SSSR count). The van der Waals surface area contributed by atoms with Crippen molar-refractivity contribution in [3.8, 4) is 0 Å². The predicted molar refractivity (Wildman–Crippen MR) is 58.5 cm³/mol. The van der Waals surface area contributed by atoms with Crippen LogP contribution >= 0.6 is 0 Å². The molecule has 1 amide bonds. The Morgan fingerprint density at radius 1 is 1.18 bits per heavy atom. The second kappa shape index (κ2) is 4.69. The molecule has 0 radical (unpaired) electrons. The standard InChI is InChI=1S/C12H8F2N2O/c13-8-4-5-9(10(14)7-8)12(17)16-11-3-1-2-6-15-11/h1-7H,(H,15,16,17). The van der Waals surface area contributed by atoms with E-state index in [1.54, 1.807) is 18.2 Å². The zero-order valence-corrected chi connectivity index (χ0v) is 8.65. The van der Waals surface area contributed by atoms with E-state index in [1.807, 2.05) is 0 Å². The molecule has 0 aliphatic carbocycles. The average Bonchev–Trinajstić information content (AvgIpc) is 2.30. The Morgan fingerprint density at radius 2 is 2.00 bits per heavy atom. The summed E-state index contributed by atoms with van der Waals surface area (Å²) in [7, 11) is 0. The van der Waals surface area contributed by atoms with Crippen LogP contribution in [0.1, 0.15) is 10.4 Å². The van der Waals surface area contributed by atoms with E-state index in [9.17, 15) is 13.6 Å². The van der Waals surface area contributed by atoms with Gasteiger partial charge >= 0.3 is 0 Å². The van der Waals surface area contributed by atoms with Gasteiger partial charge in [-0.25, -0.2) is 13.8 Å². The second-order valence-electron chi connectivity index (χ2n) is 3.29. The molecular formula is C12H8F2N2O. The minimum Gasteiger partial charge on any atom is -0.306 e. The van der Waals surface area contributed by atoms with Gasteiger partial charge in [0.1, 0.15) is 17.5 Å². The third-order valence-corrected chi connectivity index (χ3v) is 2.08. The highest BCUT2D eigenvalue weighted by atomic mass is 19.1. The summed E-state index contributed by atoms with van der Waals surface area (Å²) in [6, 6.07) is 7.71. The fourth-order valence-electron chi connectivity index (χ4n) is 1.29. The minimum absolute atomic E-state index is 0.225. The average molecular weight is 234 g/mol. The maximum Gasteiger partial charge on any atom is 0.259 e. The molecule has 3 nitrogen and oxygen atoms in total. The molecule has 86 valence electrons. The smallest absolute Gasteiger partial charge is 0.259 e. The Labute approximate surface area is 96.1 Å². The van der Waals surface area contributed by atoms with Gasteiger partial charge in [0, 0.05) is 12.3 Å². The van der Waals surface area contributed by atoms with Crippen LogP contribution in [0.25, 0.3) is 0 Å². The van der Waals surface area contributed by atoms with Crippen molar-refractivity contribution < 1.29 is 13.6 Å². The molecule has 1 heterocycles. The summed E-state index contributed by atoms with van der Waals surface area (Å²) in [5.41, 5.74) is -0.225. The van der Waals surface area contributed by atoms with Crippen molar-refractivity contribution in [1.82, 2.24) is 4.98 Å². The summed E-state index contributed by atoms with van der Waals surface area (Å²) in [5.74, 6) is -1.99. The Bertz CT molecular complexity index is 543. The van der Waals surface area contributed by atoms with Crippen LogP contribution in [0.2, 0.25) is 0 Å². The topological polar surface area (TPSA) is 42.0 Å². The van der Waals surface area contributed by atoms with E-state index < -0.39 is 17.5 Å². The summed E-state index contributed by atoms with van der Waals surface area (Å²) in [6.45, 7) is 0. The number of amides is 1. The number of anilines is 1. The number of aromatic nitrogens is 1. The number of carbonyl (C=O) groups excluding carboxylic acids is 1. The Kier molecular flexibility index (Phi) is 3.09. The number of nitrogens with zero attached hydrogens (tertiary/aromatic N) is 1. The highest BCUT2D eigenvalue weighted by Crippen LogP contribution is 2.11. The Hall–Kier alpha value is -2.30. The third-order valence-electron chi connectivity index (χ3n) is 2.08. The quantitative estimate of drug-likeness (QED) is 0.867. The van der Waals surface area contributed by atoms with Gasteiger partial charge in [-0.3, -0.25) is 4.79 Å². The normalized spacial score (nSPS) is 10.0. The zero-order chi connectivity index (χ0) is 12.3. The monoisotopic (exact) mass is 234 g/mol. The molecule has 5 heteroatoms. The second-order valence-corrected chi connectivity index (χ2v) is 3.29. The first-order valence-corrected chi connectivity index (χ1v) is 4.84. The highest BCUT2D eigenvalue weighted by Gasteiger charge is 2.12. The lowest BCUT2D eigenvalue weighted by Crippen LogP contribution is -2.14. The van der Waals surface area contributed by atoms with E-state index >= 15 is 0 Å². The summed E-state index contributed by atoms with van der Waals surface area (Å²) in [5, 5.41) is 2.41. The maximum absolute atomic E-state index is 13.3. The molecular weight excluding hydrogens is 226 g/mol. The number of nitrogens with one attached hydrogen (secondary N) is 1. The molecule has 0 saturated heterocycles. The number of hydrogen-bond donors (Lipinski definition) is 1. The molecule has 0 aliphatic rings. The third kappa shape index (κ3) is 2.63. The number of benzene rings is 1. The van der Waals surface area contributed by atoms with Crippen LogP contribution in [0.3, 0.4) is 0 Å². The fraction of sp³-hybridized carbons (Fsp3) is 0. The maximum atomic E-state index is 13.3. The zero-order valence-electron chi connectivity index (χ0n) is 8.65. The van der Waals surface area contributed by atoms with Gasteiger partial charge in [0.05, 0.1) is 5.56 Å². The van der Waals surface area contributed by atoms with Gasteiger partial charge in [0.25, 0.3) is 5.91 Å². The van der Waals surface area contributed by atoms with Crippen LogP contribution in [-0.2, 0) is 0 Å². The number of carbonyl (C=O) groups is 1. The van der Waals surface area contributed by atoms with Gasteiger partial charge in [-0.2, -0.15) is 0 Å². The Balaban J connectivity index is 2.21. The molecule has 1 N–H and O–H groups in total. The molecule has 0 fully saturated rings. The number of halogens is 2. The summed E-state index contributed by atoms with van der Waals surface area (Å²) in [4.78, 5) is 15.5. The van der Waals surface area contributed by atoms with Gasteiger partial charge in [-0.1, -0.05) is 6.07 Å². The van der Waals surface area contributed by atoms with Crippen molar-refractivity contribution in [2.24, 2.45) is 0 Å². The van der Waals surface area contributed by atoms with Crippen LogP contribution in [0, 0.1) is 11.6 Å². The van der Waals surface area contributed by atoms with Crippen LogP contribution < -0.4 is 5.32 Å². The van der Waals surface area contributed by atoms with Crippen molar-refractivity contribution in [2.45, 2.75) is 0 Å². The molecule has 2 aromatic rings. The number of rotatable bonds is 2. The minimum atomic E-state index is -0.904. The van der Waals surface area contributed by atoms with E-state index in [0.29, 0.717) is 11.9 Å². The Morgan fingerprint density at radius 3 is 2.65 bits per heavy atom. The van der Waals surface area contributed by atoms with Crippen LogP contribution in [0.15, 0.2) is 42.6 Å². The largest absolute Gasteiger partial charge is 0.306 e. The van der Waals surface area contributed by atoms with E-state index in [1.165, 1.54) is 6.20 Å². The summed E-state index contributed by atoms with van der Waals surface area (Å²) >= 11 is 0. The lowest BCUT2D eigenvalue weighted by atomic mass is 10.2. The number of hydrogen-bond acceptors (Lipinski definition) is 2. The van der Waals surface area contributed by atoms with Gasteiger partial charge in [0.2, 0.25) is 0 Å². The highest BCUT2D eigenvalue weighted by molar-refractivity contribution is 6.03. The van der Waals surface area contributed by atoms with Crippen LogP contribution in [0.4, 0.5) is 14.6 Å². The van der Waals surface area contributed by atoms with Crippen molar-refractivity contribution in [1.29, 1.82) is 0 Å². The first-order valence-electron chi connectivity index (χ1n) is 4.84. The molecule has 0 saturated carbocycles. The van der Waals surface area contributed by atoms with E-state index in [0.717, 1.165) is 12.1 Å². The van der Waals surface area contributed by atoms with Crippen molar-refractivity contribution in [3.05, 3.63) is 59.8 Å². The fourth-order valence-corrected chi connectivity index (χ4v) is 1.29. The van der Waals surface area contributed by atoms with Crippen molar-refractivity contribution in [3.63, 3.8) is 0 Å². The van der Waals surface area contributed by atoms with Gasteiger partial charge in [-0.15, -0.1) is 0 Å². The summed E-state index contributed by atoms with van der Waals surface area (Å²) in [6.07, 6.45) is 1.50. The molecule has 0 unspecified atom stereocenters. The van der Waals surface area contributed by atoms with Gasteiger partial charge in [0.15, 0.2) is 0 Å². The van der Waals surface area contributed by atoms with E-state index in [-0.39, 0.29) is 5.56 Å². The molecule has 0 spiro atoms. The molecule has 0 atom stereocenters. The van der Waals surface area contributed by atoms with Gasteiger partial charge < -0.3 is 5.32 Å². The first-order chi connectivity index (χ1) is 8.16. The SMILES string of the molecule is O=C(Nc1ccccn1)c1ccc(F)cc1F. The number of pyridine rings is 1. The summed E-state index contributed by atoms with van der Waals surface area (Å²) < 4.78 is 25.9. The van der Waals surface area contributed by atoms with E-state index in [4.69, 9.17) is 0 Å². The lowest BCUT2D eigenvalue weighted by Gasteiger charge is -2.04. The molecule has 1 aromatic heterocycles. The molecule has 0 aliphatic heterocycles. The molecule has 1 aromatic carbocycles. The van der Waals surface area contributed by atoms with E-state index in [2.05, 4.69) is 10.3 Å². The molecule has 17 heavy (non-hydrogen) atoms. The lowest BCUT2D eigenvalue weighted by molar-refractivity contribution is 0.102. The first kappa shape index (κ1) is 11.2. The van der Waals surface area contributed by atoms with Crippen LogP contribution in [0.5, 0.6) is 0 Å². The van der Waals surface area contributed by atoms with Crippen LogP contribution in [-0.4, -0.2) is 10.9 Å². The molecule has 0 bridgehead atoms. The predicted octanol–water partition coefficient (Wildman–Crippen LogP) is 2.61.